The summed E-state index contributed by atoms with van der Waals surface area (Å²) < 4.78 is 23.7. The Morgan fingerprint density at radius 3 is 2.68 bits per heavy atom. The van der Waals surface area contributed by atoms with E-state index in [1.54, 1.807) is 13.8 Å². The van der Waals surface area contributed by atoms with Gasteiger partial charge in [0.15, 0.2) is 5.79 Å². The van der Waals surface area contributed by atoms with Crippen LogP contribution in [0, 0.1) is 0 Å². The lowest BCUT2D eigenvalue weighted by Crippen LogP contribution is -2.44. The fraction of sp³-hybridized carbons (Fsp3) is 0.667. The van der Waals surface area contributed by atoms with Crippen molar-refractivity contribution < 1.29 is 29.2 Å². The molecule has 7 nitrogen and oxygen atoms in total. The van der Waals surface area contributed by atoms with E-state index in [0.29, 0.717) is 19.7 Å². The van der Waals surface area contributed by atoms with Gasteiger partial charge in [0.2, 0.25) is 5.79 Å². The molecule has 2 aliphatic heterocycles. The largest absolute Gasteiger partial charge is 0.395 e. The molecule has 2 saturated heterocycles. The predicted molar refractivity (Wildman–Crippen MR) is 89.7 cm³/mol. The monoisotopic (exact) mass is 353 g/mol. The van der Waals surface area contributed by atoms with Crippen LogP contribution in [0.25, 0.3) is 0 Å². The second-order valence-corrected chi connectivity index (χ2v) is 6.91. The van der Waals surface area contributed by atoms with Crippen LogP contribution in [-0.4, -0.2) is 66.4 Å². The number of rotatable bonds is 8. The second-order valence-electron chi connectivity index (χ2n) is 6.91. The summed E-state index contributed by atoms with van der Waals surface area (Å²) >= 11 is 0. The van der Waals surface area contributed by atoms with Crippen molar-refractivity contribution in [1.82, 2.24) is 5.32 Å². The Kier molecular flexibility index (Phi) is 5.75. The smallest absolute Gasteiger partial charge is 0.224 e. The van der Waals surface area contributed by atoms with Crippen LogP contribution >= 0.6 is 0 Å². The van der Waals surface area contributed by atoms with E-state index in [0.717, 1.165) is 5.56 Å². The van der Waals surface area contributed by atoms with E-state index >= 15 is 0 Å². The van der Waals surface area contributed by atoms with Crippen LogP contribution in [0.1, 0.15) is 19.4 Å². The molecule has 0 aromatic heterocycles. The first-order chi connectivity index (χ1) is 12.0. The Labute approximate surface area is 147 Å². The van der Waals surface area contributed by atoms with E-state index in [2.05, 4.69) is 5.32 Å². The lowest BCUT2D eigenvalue weighted by Gasteiger charge is -2.28. The number of nitrogens with one attached hydrogen (secondary N) is 1. The van der Waals surface area contributed by atoms with Gasteiger partial charge in [-0.15, -0.1) is 0 Å². The Morgan fingerprint density at radius 1 is 1.20 bits per heavy atom. The number of hydrogen-bond donors (Lipinski definition) is 3. The van der Waals surface area contributed by atoms with E-state index in [9.17, 15) is 5.11 Å². The minimum absolute atomic E-state index is 0.0254. The molecule has 2 aliphatic rings. The number of aliphatic hydroxyl groups is 2. The number of ether oxygens (including phenoxy) is 4. The summed E-state index contributed by atoms with van der Waals surface area (Å²) in [5.74, 6) is -1.99. The molecule has 0 aliphatic carbocycles. The Bertz CT molecular complexity index is 554. The maximum Gasteiger partial charge on any atom is 0.224 e. The zero-order chi connectivity index (χ0) is 17.9. The van der Waals surface area contributed by atoms with Crippen molar-refractivity contribution in [3.63, 3.8) is 0 Å². The molecule has 2 heterocycles. The van der Waals surface area contributed by atoms with Gasteiger partial charge in [0, 0.05) is 13.1 Å². The molecular weight excluding hydrogens is 326 g/mol. The molecule has 3 rings (SSSR count). The third kappa shape index (κ3) is 4.20. The average molecular weight is 353 g/mol. The molecule has 0 radical (unpaired) electrons. The van der Waals surface area contributed by atoms with Gasteiger partial charge in [0.1, 0.15) is 24.9 Å². The van der Waals surface area contributed by atoms with Crippen LogP contribution in [0.15, 0.2) is 30.3 Å². The molecule has 3 N–H and O–H groups in total. The van der Waals surface area contributed by atoms with Gasteiger partial charge < -0.3 is 34.5 Å². The van der Waals surface area contributed by atoms with Crippen molar-refractivity contribution in [1.29, 1.82) is 0 Å². The Morgan fingerprint density at radius 2 is 1.96 bits per heavy atom. The summed E-state index contributed by atoms with van der Waals surface area (Å²) in [4.78, 5) is 0. The first kappa shape index (κ1) is 18.7. The zero-order valence-corrected chi connectivity index (χ0v) is 14.7. The summed E-state index contributed by atoms with van der Waals surface area (Å²) in [7, 11) is 0. The highest BCUT2D eigenvalue weighted by Gasteiger charge is 2.64. The molecule has 7 heteroatoms. The van der Waals surface area contributed by atoms with Crippen LogP contribution in [-0.2, 0) is 25.6 Å². The van der Waals surface area contributed by atoms with Crippen molar-refractivity contribution in [2.75, 3.05) is 26.3 Å². The topological polar surface area (TPSA) is 89.4 Å². The Balaban J connectivity index is 1.64. The standard InChI is InChI=1S/C18H27NO6/c1-17(2)24-16-15(21)14(10-19-8-9-20)23-18(16,25-17)12-22-11-13-6-4-3-5-7-13/h3-7,14-16,19-21H,8-12H2,1-2H3/t14-,15+,16-,18-/m0/s1. The summed E-state index contributed by atoms with van der Waals surface area (Å²) in [6.07, 6.45) is -1.96. The van der Waals surface area contributed by atoms with Crippen LogP contribution in [0.4, 0.5) is 0 Å². The SMILES string of the molecule is CC1(C)O[C@H]2[C@H](O)[C@H](CNCCO)O[C@@]2(COCc2ccccc2)O1. The number of fused-ring (bicyclic) bond motifs is 1. The van der Waals surface area contributed by atoms with E-state index in [-0.39, 0.29) is 13.2 Å². The van der Waals surface area contributed by atoms with Gasteiger partial charge in [-0.2, -0.15) is 0 Å². The molecule has 0 bridgehead atoms. The average Bonchev–Trinajstić information content (AvgIpc) is 2.97. The third-order valence-electron chi connectivity index (χ3n) is 4.35. The van der Waals surface area contributed by atoms with Crippen molar-refractivity contribution in [2.24, 2.45) is 0 Å². The lowest BCUT2D eigenvalue weighted by atomic mass is 10.1. The van der Waals surface area contributed by atoms with Gasteiger partial charge in [-0.05, 0) is 19.4 Å². The van der Waals surface area contributed by atoms with Crippen molar-refractivity contribution in [3.8, 4) is 0 Å². The second kappa shape index (κ2) is 7.67. The summed E-state index contributed by atoms with van der Waals surface area (Å²) in [5.41, 5.74) is 1.05. The third-order valence-corrected chi connectivity index (χ3v) is 4.35. The van der Waals surface area contributed by atoms with Crippen molar-refractivity contribution in [3.05, 3.63) is 35.9 Å². The Hall–Kier alpha value is -1.06. The first-order valence-corrected chi connectivity index (χ1v) is 8.63. The van der Waals surface area contributed by atoms with E-state index < -0.39 is 29.9 Å². The predicted octanol–water partition coefficient (Wildman–Crippen LogP) is 0.393. The molecule has 2 fully saturated rings. The molecule has 0 spiro atoms. The van der Waals surface area contributed by atoms with Gasteiger partial charge in [-0.3, -0.25) is 0 Å². The first-order valence-electron chi connectivity index (χ1n) is 8.63. The quantitative estimate of drug-likeness (QED) is 0.583. The fourth-order valence-corrected chi connectivity index (χ4v) is 3.35. The van der Waals surface area contributed by atoms with Crippen LogP contribution in [0.3, 0.4) is 0 Å². The molecular formula is C18H27NO6. The molecule has 4 atom stereocenters. The lowest BCUT2D eigenvalue weighted by molar-refractivity contribution is -0.278. The molecule has 1 aromatic carbocycles. The maximum absolute atomic E-state index is 10.6. The van der Waals surface area contributed by atoms with E-state index in [4.69, 9.17) is 24.1 Å². The van der Waals surface area contributed by atoms with Crippen molar-refractivity contribution in [2.45, 2.75) is 50.3 Å². The molecule has 0 unspecified atom stereocenters. The van der Waals surface area contributed by atoms with Gasteiger partial charge in [0.25, 0.3) is 0 Å². The zero-order valence-electron chi connectivity index (χ0n) is 14.7. The molecule has 140 valence electrons. The number of hydrogen-bond acceptors (Lipinski definition) is 7. The van der Waals surface area contributed by atoms with Gasteiger partial charge in [-0.25, -0.2) is 0 Å². The van der Waals surface area contributed by atoms with E-state index in [1.165, 1.54) is 0 Å². The minimum Gasteiger partial charge on any atom is -0.395 e. The van der Waals surface area contributed by atoms with Gasteiger partial charge in [-0.1, -0.05) is 30.3 Å². The highest BCUT2D eigenvalue weighted by Crippen LogP contribution is 2.45. The summed E-state index contributed by atoms with van der Waals surface area (Å²) in [6.45, 7) is 5.01. The highest BCUT2D eigenvalue weighted by atomic mass is 16.9. The number of benzene rings is 1. The summed E-state index contributed by atoms with van der Waals surface area (Å²) in [6, 6.07) is 9.83. The van der Waals surface area contributed by atoms with Crippen molar-refractivity contribution >= 4 is 0 Å². The molecule has 0 amide bonds. The minimum atomic E-state index is -1.14. The van der Waals surface area contributed by atoms with E-state index in [1.807, 2.05) is 30.3 Å². The fourth-order valence-electron chi connectivity index (χ4n) is 3.35. The highest BCUT2D eigenvalue weighted by molar-refractivity contribution is 5.13. The summed E-state index contributed by atoms with van der Waals surface area (Å²) in [5, 5.41) is 22.5. The van der Waals surface area contributed by atoms with Crippen LogP contribution < -0.4 is 5.32 Å². The van der Waals surface area contributed by atoms with Gasteiger partial charge >= 0.3 is 0 Å². The maximum atomic E-state index is 10.6. The van der Waals surface area contributed by atoms with Crippen LogP contribution in [0.5, 0.6) is 0 Å². The molecule has 1 aromatic rings. The molecule has 0 saturated carbocycles. The molecule has 25 heavy (non-hydrogen) atoms. The van der Waals surface area contributed by atoms with Gasteiger partial charge in [0.05, 0.1) is 13.2 Å². The normalized spacial score (nSPS) is 33.5. The number of aliphatic hydroxyl groups excluding tert-OH is 2. The van der Waals surface area contributed by atoms with Crippen LogP contribution in [0.2, 0.25) is 0 Å².